The number of nitriles is 1. The van der Waals surface area contributed by atoms with Crippen molar-refractivity contribution in [2.45, 2.75) is 48.3 Å². The first-order valence-electron chi connectivity index (χ1n) is 6.79. The minimum atomic E-state index is -8.23. The first kappa shape index (κ1) is 31.6. The maximum absolute atomic E-state index is 13.8. The lowest BCUT2D eigenvalue weighted by atomic mass is 10.2. The van der Waals surface area contributed by atoms with Crippen molar-refractivity contribution < 1.29 is 97.6 Å². The molecule has 0 aliphatic carbocycles. The van der Waals surface area contributed by atoms with Crippen LogP contribution in [0, 0.1) is 11.3 Å². The molecule has 0 saturated heterocycles. The molecule has 23 heteroatoms. The molecule has 0 rings (SSSR count). The van der Waals surface area contributed by atoms with E-state index in [2.05, 4.69) is 0 Å². The van der Waals surface area contributed by atoms with E-state index < -0.39 is 66.5 Å². The average Bonchev–Trinajstić information content (AvgIpc) is 2.57. The summed E-state index contributed by atoms with van der Waals surface area (Å²) in [6.45, 7) is 0. The fourth-order valence-electron chi connectivity index (χ4n) is 1.33. The second kappa shape index (κ2) is 8.68. The van der Waals surface area contributed by atoms with Crippen molar-refractivity contribution in [3.8, 4) is 6.07 Å². The van der Waals surface area contributed by atoms with Crippen LogP contribution in [-0.2, 0) is 14.2 Å². The normalized spacial score (nSPS) is 17.9. The number of hydrogen-bond acceptors (Lipinski definition) is 4. The fraction of sp³-hybridized carbons (Fsp3) is 0.727. The summed E-state index contributed by atoms with van der Waals surface area (Å²) in [5.74, 6) is -22.8. The molecule has 200 valence electrons. The van der Waals surface area contributed by atoms with Crippen molar-refractivity contribution in [2.75, 3.05) is 0 Å². The monoisotopic (exact) mass is 555 g/mol. The molecule has 0 aromatic carbocycles. The molecule has 4 nitrogen and oxygen atoms in total. The second-order valence-corrected chi connectivity index (χ2v) is 5.26. The molecule has 0 bridgehead atoms. The Bertz CT molecular complexity index is 821. The summed E-state index contributed by atoms with van der Waals surface area (Å²) in [7, 11) is 0. The van der Waals surface area contributed by atoms with Gasteiger partial charge in [0, 0.05) is 0 Å². The van der Waals surface area contributed by atoms with Crippen LogP contribution in [0.25, 0.3) is 0 Å². The molecule has 0 aliphatic rings. The third kappa shape index (κ3) is 5.47. The molecule has 0 saturated carbocycles. The van der Waals surface area contributed by atoms with Gasteiger partial charge in [0.15, 0.2) is 0 Å². The average molecular weight is 555 g/mol. The lowest BCUT2D eigenvalue weighted by molar-refractivity contribution is -0.563. The zero-order valence-electron chi connectivity index (χ0n) is 14.4. The van der Waals surface area contributed by atoms with Gasteiger partial charge in [-0.1, -0.05) is 0 Å². The van der Waals surface area contributed by atoms with Gasteiger partial charge in [0.1, 0.15) is 6.07 Å². The Morgan fingerprint density at radius 2 is 0.853 bits per heavy atom. The van der Waals surface area contributed by atoms with E-state index in [0.29, 0.717) is 0 Å². The van der Waals surface area contributed by atoms with Crippen molar-refractivity contribution in [2.24, 2.45) is 0 Å². The van der Waals surface area contributed by atoms with Gasteiger partial charge < -0.3 is 4.74 Å². The molecule has 0 aromatic rings. The number of nitrogens with zero attached hydrogens (tertiary/aromatic N) is 1. The van der Waals surface area contributed by atoms with Crippen LogP contribution >= 0.6 is 0 Å². The second-order valence-electron chi connectivity index (χ2n) is 5.26. The van der Waals surface area contributed by atoms with E-state index >= 15 is 0 Å². The van der Waals surface area contributed by atoms with Crippen LogP contribution < -0.4 is 0 Å². The Kier molecular flexibility index (Phi) is 8.08. The molecule has 0 spiro atoms. The smallest absolute Gasteiger partial charge is 0.398 e. The molecule has 0 N–H and O–H groups in total. The van der Waals surface area contributed by atoms with E-state index in [1.807, 2.05) is 0 Å². The highest BCUT2D eigenvalue weighted by Crippen LogP contribution is 2.57. The van der Waals surface area contributed by atoms with Crippen LogP contribution in [0.4, 0.5) is 83.4 Å². The third-order valence-electron chi connectivity index (χ3n) is 2.89. The van der Waals surface area contributed by atoms with Gasteiger partial charge in [0.2, 0.25) is 0 Å². The molecule has 0 aliphatic heterocycles. The van der Waals surface area contributed by atoms with Gasteiger partial charge in [-0.25, -0.2) is 0 Å². The Morgan fingerprint density at radius 1 is 0.529 bits per heavy atom. The van der Waals surface area contributed by atoms with Gasteiger partial charge >= 0.3 is 60.4 Å². The van der Waals surface area contributed by atoms with Crippen LogP contribution in [0.5, 0.6) is 0 Å². The van der Waals surface area contributed by atoms with Crippen LogP contribution in [0.15, 0.2) is 12.1 Å². The number of ether oxygens (including phenoxy) is 3. The van der Waals surface area contributed by atoms with E-state index in [0.717, 1.165) is 0 Å². The van der Waals surface area contributed by atoms with Gasteiger partial charge in [0.25, 0.3) is 0 Å². The van der Waals surface area contributed by atoms with Gasteiger partial charge in [-0.05, 0) is 0 Å². The maximum atomic E-state index is 13.8. The summed E-state index contributed by atoms with van der Waals surface area (Å²) in [4.78, 5) is 0. The summed E-state index contributed by atoms with van der Waals surface area (Å²) < 4.78 is 248. The van der Waals surface area contributed by atoms with E-state index in [9.17, 15) is 83.4 Å². The Hall–Kier alpha value is -2.38. The molecule has 34 heavy (non-hydrogen) atoms. The topological polar surface area (TPSA) is 51.5 Å². The minimum absolute atomic E-state index is 0.904. The van der Waals surface area contributed by atoms with Crippen LogP contribution in [0.1, 0.15) is 0 Å². The highest BCUT2D eigenvalue weighted by molar-refractivity contribution is 5.01. The number of hydrogen-bond donors (Lipinski definition) is 0. The summed E-state index contributed by atoms with van der Waals surface area (Å²) in [6.07, 6.45) is -43.3. The van der Waals surface area contributed by atoms with Gasteiger partial charge in [0.05, 0.1) is 0 Å². The van der Waals surface area contributed by atoms with E-state index in [1.54, 1.807) is 4.74 Å². The molecule has 2 unspecified atom stereocenters. The lowest BCUT2D eigenvalue weighted by Gasteiger charge is -2.40. The van der Waals surface area contributed by atoms with Crippen molar-refractivity contribution in [3.05, 3.63) is 12.1 Å². The zero-order chi connectivity index (χ0) is 28.0. The van der Waals surface area contributed by atoms with Gasteiger partial charge in [-0.15, -0.1) is 0 Å². The predicted octanol–water partition coefficient (Wildman–Crippen LogP) is 6.46. The SMILES string of the molecule is N#CC(F)(F)C(F)(F)OC(F)(C(F)(F)F)C(F)(F)OC(F)(C(F)(F)F)C(F)(F)OC(F)=C(F)F. The third-order valence-corrected chi connectivity index (χ3v) is 2.89. The Labute approximate surface area is 171 Å². The van der Waals surface area contributed by atoms with Crippen LogP contribution in [0.3, 0.4) is 0 Å². The summed E-state index contributed by atoms with van der Waals surface area (Å²) in [5.41, 5.74) is 0. The van der Waals surface area contributed by atoms with E-state index in [-0.39, 0.29) is 0 Å². The molecule has 0 heterocycles. The lowest BCUT2D eigenvalue weighted by Crippen LogP contribution is -2.68. The maximum Gasteiger partial charge on any atom is 0.471 e. The highest BCUT2D eigenvalue weighted by Gasteiger charge is 2.86. The molecule has 0 aromatic heterocycles. The first-order valence-corrected chi connectivity index (χ1v) is 6.79. The van der Waals surface area contributed by atoms with Crippen LogP contribution in [-0.4, -0.2) is 48.3 Å². The van der Waals surface area contributed by atoms with E-state index in [4.69, 9.17) is 5.26 Å². The predicted molar refractivity (Wildman–Crippen MR) is 58.8 cm³/mol. The highest BCUT2D eigenvalue weighted by atomic mass is 19.4. The molecular weight excluding hydrogens is 555 g/mol. The van der Waals surface area contributed by atoms with Gasteiger partial charge in [-0.3, -0.25) is 9.47 Å². The zero-order valence-corrected chi connectivity index (χ0v) is 14.4. The van der Waals surface area contributed by atoms with Crippen molar-refractivity contribution in [1.82, 2.24) is 0 Å². The first-order chi connectivity index (χ1) is 14.6. The quantitative estimate of drug-likeness (QED) is 0.242. The molecule has 0 radical (unpaired) electrons. The summed E-state index contributed by atoms with van der Waals surface area (Å²) in [5, 5.41) is 7.65. The summed E-state index contributed by atoms with van der Waals surface area (Å²) >= 11 is 0. The molecule has 2 atom stereocenters. The number of rotatable bonds is 9. The number of halogens is 19. The Morgan fingerprint density at radius 3 is 1.15 bits per heavy atom. The number of alkyl halides is 16. The Balaban J connectivity index is 6.90. The van der Waals surface area contributed by atoms with Crippen LogP contribution in [0.2, 0.25) is 0 Å². The molecule has 0 fully saturated rings. The summed E-state index contributed by atoms with van der Waals surface area (Å²) in [6, 6.07) is -5.10. The van der Waals surface area contributed by atoms with Crippen molar-refractivity contribution in [1.29, 1.82) is 5.26 Å². The van der Waals surface area contributed by atoms with Crippen molar-refractivity contribution >= 4 is 0 Å². The van der Waals surface area contributed by atoms with Gasteiger partial charge in [-0.2, -0.15) is 88.7 Å². The minimum Gasteiger partial charge on any atom is -0.398 e. The molecular formula is C11F19NO3. The fourth-order valence-corrected chi connectivity index (χ4v) is 1.33. The standard InChI is InChI=1S/C11F19NO3/c12-2(13)3(14)32-10(27,28)5(17,7(19,20)21)34-11(29,30)6(18,8(22,23)24)33-9(25,26)4(15,16)1-31. The molecule has 0 amide bonds. The largest absolute Gasteiger partial charge is 0.471 e. The van der Waals surface area contributed by atoms with E-state index in [1.165, 1.54) is 9.47 Å². The van der Waals surface area contributed by atoms with Crippen molar-refractivity contribution in [3.63, 3.8) is 0 Å².